The van der Waals surface area contributed by atoms with Crippen LogP contribution < -0.4 is 16.0 Å². The van der Waals surface area contributed by atoms with Crippen LogP contribution in [0.15, 0.2) is 29.8 Å². The second kappa shape index (κ2) is 6.65. The molecule has 0 radical (unpaired) electrons. The molecule has 1 heterocycles. The van der Waals surface area contributed by atoms with Gasteiger partial charge in [-0.2, -0.15) is 0 Å². The molecule has 1 aromatic carbocycles. The maximum atomic E-state index is 5.80. The number of hydrogen-bond donors (Lipinski definition) is 2. The lowest BCUT2D eigenvalue weighted by Crippen LogP contribution is -2.29. The molecule has 2 rings (SSSR count). The van der Waals surface area contributed by atoms with Gasteiger partial charge in [-0.05, 0) is 19.4 Å². The molecule has 1 atom stereocenters. The lowest BCUT2D eigenvalue weighted by molar-refractivity contribution is 0.312. The quantitative estimate of drug-likeness (QED) is 0.629. The zero-order chi connectivity index (χ0) is 13.7. The van der Waals surface area contributed by atoms with E-state index in [0.717, 1.165) is 28.3 Å². The first kappa shape index (κ1) is 14.0. The molecule has 1 unspecified atom stereocenters. The lowest BCUT2D eigenvalue weighted by Gasteiger charge is -2.19. The Kier molecular flexibility index (Phi) is 4.90. The second-order valence-electron chi connectivity index (χ2n) is 4.29. The first-order valence-corrected chi connectivity index (χ1v) is 7.23. The largest absolute Gasteiger partial charge is 0.493 e. The molecule has 0 amide bonds. The molecule has 102 valence electrons. The summed E-state index contributed by atoms with van der Waals surface area (Å²) in [4.78, 5) is 5.41. The Hall–Kier alpha value is -1.43. The number of benzene rings is 1. The number of aromatic nitrogens is 1. The molecule has 0 aliphatic heterocycles. The van der Waals surface area contributed by atoms with Crippen LogP contribution in [0, 0.1) is 6.92 Å². The molecule has 1 aromatic heterocycles. The van der Waals surface area contributed by atoms with Crippen LogP contribution in [0.1, 0.15) is 35.5 Å². The average Bonchev–Trinajstić information content (AvgIpc) is 2.85. The molecular formula is C14H19N3OS. The molecular weight excluding hydrogens is 258 g/mol. The van der Waals surface area contributed by atoms with Crippen LogP contribution in [0.5, 0.6) is 5.75 Å². The van der Waals surface area contributed by atoms with Gasteiger partial charge in [0.15, 0.2) is 0 Å². The van der Waals surface area contributed by atoms with Gasteiger partial charge >= 0.3 is 0 Å². The molecule has 2 aromatic rings. The zero-order valence-electron chi connectivity index (χ0n) is 11.2. The number of nitrogens with one attached hydrogen (secondary N) is 1. The Balaban J connectivity index is 2.35. The van der Waals surface area contributed by atoms with Crippen LogP contribution >= 0.6 is 11.3 Å². The number of rotatable bonds is 6. The van der Waals surface area contributed by atoms with Crippen molar-refractivity contribution in [3.8, 4) is 5.75 Å². The summed E-state index contributed by atoms with van der Waals surface area (Å²) in [5.41, 5.74) is 6.75. The highest BCUT2D eigenvalue weighted by Gasteiger charge is 2.20. The second-order valence-corrected chi connectivity index (χ2v) is 5.17. The molecule has 0 aliphatic carbocycles. The number of hydrogen-bond acceptors (Lipinski definition) is 5. The van der Waals surface area contributed by atoms with E-state index in [9.17, 15) is 0 Å². The minimum Gasteiger partial charge on any atom is -0.493 e. The highest BCUT2D eigenvalue weighted by atomic mass is 32.1. The Morgan fingerprint density at radius 2 is 2.21 bits per heavy atom. The summed E-state index contributed by atoms with van der Waals surface area (Å²) in [6.45, 7) is 4.79. The molecule has 0 bridgehead atoms. The summed E-state index contributed by atoms with van der Waals surface area (Å²) in [5, 5.41) is 0. The highest BCUT2D eigenvalue weighted by molar-refractivity contribution is 7.09. The van der Waals surface area contributed by atoms with E-state index in [1.165, 1.54) is 0 Å². The van der Waals surface area contributed by atoms with Gasteiger partial charge in [-0.3, -0.25) is 5.84 Å². The molecule has 0 fully saturated rings. The van der Waals surface area contributed by atoms with Gasteiger partial charge in [0.25, 0.3) is 0 Å². The fraction of sp³-hybridized carbons (Fsp3) is 0.357. The van der Waals surface area contributed by atoms with Crippen molar-refractivity contribution in [2.45, 2.75) is 26.3 Å². The molecule has 5 heteroatoms. The van der Waals surface area contributed by atoms with Crippen LogP contribution in [0.4, 0.5) is 0 Å². The van der Waals surface area contributed by atoms with Gasteiger partial charge in [0.1, 0.15) is 5.75 Å². The molecule has 19 heavy (non-hydrogen) atoms. The summed E-state index contributed by atoms with van der Waals surface area (Å²) >= 11 is 1.60. The highest BCUT2D eigenvalue weighted by Crippen LogP contribution is 2.32. The third-order valence-electron chi connectivity index (χ3n) is 2.90. The van der Waals surface area contributed by atoms with Crippen LogP contribution in [0.3, 0.4) is 0 Å². The maximum Gasteiger partial charge on any atom is 0.124 e. The van der Waals surface area contributed by atoms with Crippen molar-refractivity contribution in [2.24, 2.45) is 5.84 Å². The van der Waals surface area contributed by atoms with Crippen molar-refractivity contribution in [1.29, 1.82) is 0 Å². The van der Waals surface area contributed by atoms with Crippen molar-refractivity contribution < 1.29 is 4.74 Å². The minimum atomic E-state index is -0.0828. The van der Waals surface area contributed by atoms with Gasteiger partial charge in [0.2, 0.25) is 0 Å². The number of thiazole rings is 1. The zero-order valence-corrected chi connectivity index (χ0v) is 12.0. The number of ether oxygens (including phenoxy) is 1. The SMILES string of the molecule is CCCOc1ccccc1C(NN)c1scnc1C. The summed E-state index contributed by atoms with van der Waals surface area (Å²) in [5.74, 6) is 6.61. The molecule has 0 aliphatic rings. The standard InChI is InChI=1S/C14H19N3OS/c1-3-8-18-12-7-5-4-6-11(12)13(17-15)14-10(2)16-9-19-14/h4-7,9,13,17H,3,8,15H2,1-2H3. The van der Waals surface area contributed by atoms with E-state index < -0.39 is 0 Å². The first-order valence-electron chi connectivity index (χ1n) is 6.35. The van der Waals surface area contributed by atoms with Crippen LogP contribution in [-0.4, -0.2) is 11.6 Å². The van der Waals surface area contributed by atoms with Gasteiger partial charge in [-0.25, -0.2) is 10.4 Å². The van der Waals surface area contributed by atoms with E-state index >= 15 is 0 Å². The number of aryl methyl sites for hydroxylation is 1. The van der Waals surface area contributed by atoms with Gasteiger partial charge < -0.3 is 4.74 Å². The van der Waals surface area contributed by atoms with Gasteiger partial charge in [-0.15, -0.1) is 11.3 Å². The molecule has 4 nitrogen and oxygen atoms in total. The van der Waals surface area contributed by atoms with Gasteiger partial charge in [0, 0.05) is 5.56 Å². The van der Waals surface area contributed by atoms with Crippen molar-refractivity contribution in [3.63, 3.8) is 0 Å². The smallest absolute Gasteiger partial charge is 0.124 e. The number of para-hydroxylation sites is 1. The Labute approximate surface area is 117 Å². The van der Waals surface area contributed by atoms with E-state index in [1.54, 1.807) is 11.3 Å². The predicted molar refractivity (Wildman–Crippen MR) is 78.2 cm³/mol. The van der Waals surface area contributed by atoms with Crippen molar-refractivity contribution in [2.75, 3.05) is 6.61 Å². The maximum absolute atomic E-state index is 5.80. The topological polar surface area (TPSA) is 60.2 Å². The summed E-state index contributed by atoms with van der Waals surface area (Å²) in [7, 11) is 0. The van der Waals surface area contributed by atoms with Gasteiger partial charge in [-0.1, -0.05) is 25.1 Å². The third kappa shape index (κ3) is 3.12. The average molecular weight is 277 g/mol. The molecule has 0 spiro atoms. The van der Waals surface area contributed by atoms with E-state index in [4.69, 9.17) is 10.6 Å². The Morgan fingerprint density at radius 1 is 1.42 bits per heavy atom. The molecule has 0 saturated carbocycles. The van der Waals surface area contributed by atoms with Gasteiger partial charge in [0.05, 0.1) is 28.7 Å². The fourth-order valence-electron chi connectivity index (χ4n) is 1.96. The summed E-state index contributed by atoms with van der Waals surface area (Å²) in [6.07, 6.45) is 0.981. The van der Waals surface area contributed by atoms with Crippen molar-refractivity contribution in [3.05, 3.63) is 45.9 Å². The monoisotopic (exact) mass is 277 g/mol. The van der Waals surface area contributed by atoms with Crippen LogP contribution in [0.25, 0.3) is 0 Å². The lowest BCUT2D eigenvalue weighted by atomic mass is 10.0. The van der Waals surface area contributed by atoms with Crippen LogP contribution in [0.2, 0.25) is 0 Å². The number of nitrogens with two attached hydrogens (primary N) is 1. The van der Waals surface area contributed by atoms with E-state index in [2.05, 4.69) is 17.3 Å². The summed E-state index contributed by atoms with van der Waals surface area (Å²) < 4.78 is 5.80. The van der Waals surface area contributed by atoms with E-state index in [1.807, 2.05) is 36.7 Å². The predicted octanol–water partition coefficient (Wildman–Crippen LogP) is 2.79. The molecule has 3 N–H and O–H groups in total. The number of nitrogens with zero attached hydrogens (tertiary/aromatic N) is 1. The van der Waals surface area contributed by atoms with E-state index in [0.29, 0.717) is 6.61 Å². The van der Waals surface area contributed by atoms with Crippen LogP contribution in [-0.2, 0) is 0 Å². The van der Waals surface area contributed by atoms with Crippen molar-refractivity contribution >= 4 is 11.3 Å². The fourth-order valence-corrected chi connectivity index (χ4v) is 2.84. The first-order chi connectivity index (χ1) is 9.27. The normalized spacial score (nSPS) is 12.4. The third-order valence-corrected chi connectivity index (χ3v) is 3.90. The van der Waals surface area contributed by atoms with Crippen molar-refractivity contribution in [1.82, 2.24) is 10.4 Å². The Bertz CT molecular complexity index is 527. The number of hydrazine groups is 1. The molecule has 0 saturated heterocycles. The minimum absolute atomic E-state index is 0.0828. The van der Waals surface area contributed by atoms with E-state index in [-0.39, 0.29) is 6.04 Å². The Morgan fingerprint density at radius 3 is 2.84 bits per heavy atom. The summed E-state index contributed by atoms with van der Waals surface area (Å²) in [6, 6.07) is 7.90.